The van der Waals surface area contributed by atoms with E-state index in [1.165, 1.54) is 18.5 Å². The molecule has 38 heavy (non-hydrogen) atoms. The van der Waals surface area contributed by atoms with Crippen molar-refractivity contribution in [3.8, 4) is 11.5 Å². The van der Waals surface area contributed by atoms with Crippen LogP contribution in [0.15, 0.2) is 55.1 Å². The topological polar surface area (TPSA) is 113 Å². The molecule has 2 aromatic carbocycles. The molecular weight excluding hydrogens is 495 g/mol. The van der Waals surface area contributed by atoms with E-state index in [9.17, 15) is 9.18 Å². The van der Waals surface area contributed by atoms with Crippen molar-refractivity contribution in [2.24, 2.45) is 0 Å². The molecule has 2 aliphatic rings. The number of hydrogen-bond donors (Lipinski definition) is 1. The zero-order valence-electron chi connectivity index (χ0n) is 20.5. The number of fused-ring (bicyclic) bond motifs is 2. The van der Waals surface area contributed by atoms with Gasteiger partial charge in [0.15, 0.2) is 28.5 Å². The minimum atomic E-state index is -0.581. The fourth-order valence-electron chi connectivity index (χ4n) is 4.62. The maximum atomic E-state index is 13.6. The Hall–Kier alpha value is -4.45. The Balaban J connectivity index is 1.07. The summed E-state index contributed by atoms with van der Waals surface area (Å²) in [4.78, 5) is 27.6. The van der Waals surface area contributed by atoms with Crippen molar-refractivity contribution in [2.45, 2.75) is 31.7 Å². The van der Waals surface area contributed by atoms with E-state index in [-0.39, 0.29) is 31.5 Å². The fraction of sp³-hybridized carbons (Fsp3) is 0.308. The number of ether oxygens (including phenoxy) is 4. The summed E-state index contributed by atoms with van der Waals surface area (Å²) in [5, 5.41) is 2.69. The Morgan fingerprint density at radius 3 is 2.95 bits per heavy atom. The molecule has 2 aliphatic heterocycles. The number of amides is 1. The molecule has 2 aromatic heterocycles. The van der Waals surface area contributed by atoms with Gasteiger partial charge in [-0.1, -0.05) is 12.1 Å². The highest BCUT2D eigenvalue weighted by Crippen LogP contribution is 2.35. The number of carbonyl (C=O) groups excluding carboxylic acids is 1. The molecule has 0 saturated carbocycles. The first-order valence-electron chi connectivity index (χ1n) is 12.2. The van der Waals surface area contributed by atoms with Crippen molar-refractivity contribution in [1.29, 1.82) is 0 Å². The zero-order valence-corrected chi connectivity index (χ0v) is 20.5. The number of anilines is 2. The van der Waals surface area contributed by atoms with Gasteiger partial charge in [-0.05, 0) is 42.7 Å². The lowest BCUT2D eigenvalue weighted by Gasteiger charge is -2.19. The van der Waals surface area contributed by atoms with Gasteiger partial charge in [0.25, 0.3) is 0 Å². The van der Waals surface area contributed by atoms with Crippen LogP contribution in [0.25, 0.3) is 11.2 Å². The van der Waals surface area contributed by atoms with Crippen LogP contribution in [0.1, 0.15) is 24.6 Å². The van der Waals surface area contributed by atoms with E-state index in [1.54, 1.807) is 30.6 Å². The van der Waals surface area contributed by atoms with Crippen LogP contribution in [0.5, 0.6) is 11.5 Å². The molecule has 1 amide bonds. The van der Waals surface area contributed by atoms with E-state index >= 15 is 0 Å². The number of benzene rings is 2. The third kappa shape index (κ3) is 4.90. The molecule has 2 unspecified atom stereocenters. The predicted octanol–water partition coefficient (Wildman–Crippen LogP) is 4.26. The molecule has 4 aromatic rings. The number of nitrogens with one attached hydrogen (secondary N) is 1. The first kappa shape index (κ1) is 23.9. The third-order valence-electron chi connectivity index (χ3n) is 6.42. The molecule has 0 bridgehead atoms. The summed E-state index contributed by atoms with van der Waals surface area (Å²) in [5.41, 5.74) is 2.63. The quantitative estimate of drug-likeness (QED) is 0.382. The number of aromatic nitrogens is 4. The van der Waals surface area contributed by atoms with Crippen LogP contribution in [-0.2, 0) is 16.0 Å². The molecule has 0 spiro atoms. The normalized spacial score (nSPS) is 18.1. The van der Waals surface area contributed by atoms with E-state index in [2.05, 4.69) is 20.3 Å². The summed E-state index contributed by atoms with van der Waals surface area (Å²) in [6.07, 6.45) is 3.43. The van der Waals surface area contributed by atoms with Gasteiger partial charge in [0, 0.05) is 25.3 Å². The minimum absolute atomic E-state index is 0.107. The van der Waals surface area contributed by atoms with Gasteiger partial charge in [-0.2, -0.15) is 0 Å². The molecule has 6 rings (SSSR count). The average Bonchev–Trinajstić information content (AvgIpc) is 3.66. The molecule has 4 heterocycles. The fourth-order valence-corrected chi connectivity index (χ4v) is 4.62. The smallest absolute Gasteiger partial charge is 0.411 e. The molecule has 0 radical (unpaired) electrons. The molecule has 12 heteroatoms. The molecule has 1 N–H and O–H groups in total. The van der Waals surface area contributed by atoms with Crippen molar-refractivity contribution < 1.29 is 28.1 Å². The van der Waals surface area contributed by atoms with Gasteiger partial charge >= 0.3 is 6.09 Å². The van der Waals surface area contributed by atoms with Gasteiger partial charge in [0.1, 0.15) is 25.0 Å². The Labute approximate surface area is 217 Å². The first-order valence-corrected chi connectivity index (χ1v) is 12.2. The SMILES string of the molecule is CN(Cc1cccc(F)c1)c1ncnc2c1ncn2C1CCC(COC(=O)Nc2ccc3c(c2)OCO3)O1. The highest BCUT2D eigenvalue weighted by molar-refractivity contribution is 5.85. The molecule has 0 aliphatic carbocycles. The van der Waals surface area contributed by atoms with Gasteiger partial charge in [0.2, 0.25) is 6.79 Å². The maximum absolute atomic E-state index is 13.6. The minimum Gasteiger partial charge on any atom is -0.454 e. The van der Waals surface area contributed by atoms with Gasteiger partial charge in [-0.15, -0.1) is 0 Å². The van der Waals surface area contributed by atoms with Crippen LogP contribution in [0, 0.1) is 5.82 Å². The highest BCUT2D eigenvalue weighted by Gasteiger charge is 2.29. The van der Waals surface area contributed by atoms with Gasteiger partial charge < -0.3 is 23.8 Å². The van der Waals surface area contributed by atoms with Crippen molar-refractivity contribution >= 4 is 28.8 Å². The molecule has 196 valence electrons. The standard InChI is InChI=1S/C26H25FN6O5/c1-32(11-16-3-2-4-17(27)9-16)24-23-25(29-13-28-24)33(14-30-23)22-8-6-19(38-22)12-35-26(34)31-18-5-7-20-21(10-18)37-15-36-20/h2-5,7,9-10,13-14,19,22H,6,8,11-12,15H2,1H3,(H,31,34). The van der Waals surface area contributed by atoms with Crippen molar-refractivity contribution in [1.82, 2.24) is 19.5 Å². The van der Waals surface area contributed by atoms with Crippen molar-refractivity contribution in [3.63, 3.8) is 0 Å². The second kappa shape index (κ2) is 10.1. The Morgan fingerprint density at radius 2 is 2.05 bits per heavy atom. The monoisotopic (exact) mass is 520 g/mol. The van der Waals surface area contributed by atoms with Crippen LogP contribution in [-0.4, -0.2) is 52.2 Å². The summed E-state index contributed by atoms with van der Waals surface area (Å²) < 4.78 is 37.6. The Morgan fingerprint density at radius 1 is 1.16 bits per heavy atom. The molecule has 1 fully saturated rings. The van der Waals surface area contributed by atoms with Crippen LogP contribution in [0.3, 0.4) is 0 Å². The number of nitrogens with zero attached hydrogens (tertiary/aromatic N) is 5. The van der Waals surface area contributed by atoms with Crippen molar-refractivity contribution in [2.75, 3.05) is 30.7 Å². The van der Waals surface area contributed by atoms with E-state index in [4.69, 9.17) is 18.9 Å². The van der Waals surface area contributed by atoms with Gasteiger partial charge in [-0.3, -0.25) is 9.88 Å². The number of carbonyl (C=O) groups is 1. The summed E-state index contributed by atoms with van der Waals surface area (Å²) in [7, 11) is 1.87. The summed E-state index contributed by atoms with van der Waals surface area (Å²) in [5.74, 6) is 1.56. The molecule has 1 saturated heterocycles. The predicted molar refractivity (Wildman–Crippen MR) is 135 cm³/mol. The maximum Gasteiger partial charge on any atom is 0.411 e. The Kier molecular flexibility index (Phi) is 6.38. The highest BCUT2D eigenvalue weighted by atomic mass is 19.1. The average molecular weight is 521 g/mol. The molecular formula is C26H25FN6O5. The molecule has 2 atom stereocenters. The lowest BCUT2D eigenvalue weighted by Crippen LogP contribution is -2.22. The lowest BCUT2D eigenvalue weighted by atomic mass is 10.2. The Bertz CT molecular complexity index is 1480. The first-order chi connectivity index (χ1) is 18.5. The zero-order chi connectivity index (χ0) is 26.1. The van der Waals surface area contributed by atoms with Crippen LogP contribution < -0.4 is 19.7 Å². The summed E-state index contributed by atoms with van der Waals surface area (Å²) in [6, 6.07) is 11.6. The number of hydrogen-bond acceptors (Lipinski definition) is 9. The van der Waals surface area contributed by atoms with E-state index < -0.39 is 6.09 Å². The van der Waals surface area contributed by atoms with Gasteiger partial charge in [0.05, 0.1) is 12.4 Å². The summed E-state index contributed by atoms with van der Waals surface area (Å²) in [6.45, 7) is 0.731. The number of halogens is 1. The lowest BCUT2D eigenvalue weighted by molar-refractivity contribution is -0.0230. The van der Waals surface area contributed by atoms with Crippen LogP contribution >= 0.6 is 0 Å². The van der Waals surface area contributed by atoms with E-state index in [0.717, 1.165) is 5.56 Å². The molecule has 11 nitrogen and oxygen atoms in total. The van der Waals surface area contributed by atoms with Crippen LogP contribution in [0.2, 0.25) is 0 Å². The second-order valence-electron chi connectivity index (χ2n) is 9.09. The third-order valence-corrected chi connectivity index (χ3v) is 6.42. The number of rotatable bonds is 7. The second-order valence-corrected chi connectivity index (χ2v) is 9.09. The van der Waals surface area contributed by atoms with Crippen molar-refractivity contribution in [3.05, 3.63) is 66.5 Å². The number of imidazole rings is 1. The van der Waals surface area contributed by atoms with E-state index in [0.29, 0.717) is 53.6 Å². The van der Waals surface area contributed by atoms with E-state index in [1.807, 2.05) is 22.6 Å². The van der Waals surface area contributed by atoms with Crippen LogP contribution in [0.4, 0.5) is 20.7 Å². The largest absolute Gasteiger partial charge is 0.454 e. The van der Waals surface area contributed by atoms with Gasteiger partial charge in [-0.25, -0.2) is 24.1 Å². The summed E-state index contributed by atoms with van der Waals surface area (Å²) >= 11 is 0.